The molecule has 8 nitrogen and oxygen atoms in total. The zero-order chi connectivity index (χ0) is 23.2. The predicted octanol–water partition coefficient (Wildman–Crippen LogP) is 4.06. The van der Waals surface area contributed by atoms with E-state index in [1.807, 2.05) is 43.3 Å². The molecule has 1 aromatic carbocycles. The van der Waals surface area contributed by atoms with Crippen LogP contribution >= 0.6 is 0 Å². The van der Waals surface area contributed by atoms with Gasteiger partial charge in [-0.15, -0.1) is 0 Å². The monoisotopic (exact) mass is 442 g/mol. The molecule has 0 bridgehead atoms. The lowest BCUT2D eigenvalue weighted by molar-refractivity contribution is 0.0964. The van der Waals surface area contributed by atoms with Crippen molar-refractivity contribution in [3.05, 3.63) is 72.3 Å². The quantitative estimate of drug-likeness (QED) is 0.424. The number of hydrogen-bond donors (Lipinski definition) is 2. The Morgan fingerprint density at radius 1 is 1.06 bits per heavy atom. The van der Waals surface area contributed by atoms with Crippen LogP contribution in [0.1, 0.15) is 35.7 Å². The SMILES string of the molecule is CCOc1cc(-c2cc(NC[C@@H](C)c3cccc4c(C(=O)NC)ccnc34)ncn2)ccn1. The summed E-state index contributed by atoms with van der Waals surface area (Å²) in [5.74, 6) is 1.30. The molecule has 168 valence electrons. The summed E-state index contributed by atoms with van der Waals surface area (Å²) < 4.78 is 5.49. The van der Waals surface area contributed by atoms with E-state index in [1.54, 1.807) is 25.5 Å². The number of rotatable bonds is 8. The smallest absolute Gasteiger partial charge is 0.251 e. The first-order valence-electron chi connectivity index (χ1n) is 10.9. The fourth-order valence-corrected chi connectivity index (χ4v) is 3.70. The first kappa shape index (κ1) is 22.1. The molecule has 0 fully saturated rings. The van der Waals surface area contributed by atoms with Crippen molar-refractivity contribution in [1.29, 1.82) is 0 Å². The lowest BCUT2D eigenvalue weighted by atomic mass is 9.96. The van der Waals surface area contributed by atoms with Crippen LogP contribution in [0.15, 0.2) is 61.2 Å². The minimum Gasteiger partial charge on any atom is -0.478 e. The number of anilines is 1. The van der Waals surface area contributed by atoms with Gasteiger partial charge >= 0.3 is 0 Å². The van der Waals surface area contributed by atoms with Crippen LogP contribution in [0, 0.1) is 0 Å². The Hall–Kier alpha value is -4.07. The fraction of sp³-hybridized carbons (Fsp3) is 0.240. The van der Waals surface area contributed by atoms with Crippen molar-refractivity contribution in [1.82, 2.24) is 25.3 Å². The van der Waals surface area contributed by atoms with Crippen LogP contribution in [0.4, 0.5) is 5.82 Å². The minimum absolute atomic E-state index is 0.123. The summed E-state index contributed by atoms with van der Waals surface area (Å²) in [4.78, 5) is 29.8. The van der Waals surface area contributed by atoms with Crippen molar-refractivity contribution >= 4 is 22.6 Å². The molecule has 0 saturated heterocycles. The van der Waals surface area contributed by atoms with Gasteiger partial charge in [-0.05, 0) is 24.6 Å². The van der Waals surface area contributed by atoms with Gasteiger partial charge in [-0.1, -0.05) is 25.1 Å². The number of para-hydroxylation sites is 1. The second-order valence-electron chi connectivity index (χ2n) is 7.57. The number of amides is 1. The van der Waals surface area contributed by atoms with E-state index in [1.165, 1.54) is 6.33 Å². The Labute approximate surface area is 192 Å². The lowest BCUT2D eigenvalue weighted by Gasteiger charge is -2.16. The number of hydrogen-bond acceptors (Lipinski definition) is 7. The Kier molecular flexibility index (Phi) is 6.73. The molecule has 8 heteroatoms. The zero-order valence-electron chi connectivity index (χ0n) is 18.9. The molecule has 2 N–H and O–H groups in total. The van der Waals surface area contributed by atoms with E-state index >= 15 is 0 Å². The Bertz CT molecular complexity index is 1280. The third kappa shape index (κ3) is 4.90. The summed E-state index contributed by atoms with van der Waals surface area (Å²) in [7, 11) is 1.63. The number of ether oxygens (including phenoxy) is 1. The fourth-order valence-electron chi connectivity index (χ4n) is 3.70. The van der Waals surface area contributed by atoms with E-state index < -0.39 is 0 Å². The maximum absolute atomic E-state index is 12.2. The highest BCUT2D eigenvalue weighted by atomic mass is 16.5. The van der Waals surface area contributed by atoms with Crippen molar-refractivity contribution in [2.45, 2.75) is 19.8 Å². The second-order valence-corrected chi connectivity index (χ2v) is 7.57. The summed E-state index contributed by atoms with van der Waals surface area (Å²) in [6, 6.07) is 13.3. The van der Waals surface area contributed by atoms with Gasteiger partial charge < -0.3 is 15.4 Å². The molecule has 1 atom stereocenters. The molecule has 0 saturated carbocycles. The van der Waals surface area contributed by atoms with Crippen LogP contribution in [-0.4, -0.2) is 46.0 Å². The van der Waals surface area contributed by atoms with Crippen LogP contribution in [0.3, 0.4) is 0 Å². The lowest BCUT2D eigenvalue weighted by Crippen LogP contribution is -2.18. The third-order valence-corrected chi connectivity index (χ3v) is 5.38. The number of benzene rings is 1. The van der Waals surface area contributed by atoms with E-state index in [-0.39, 0.29) is 11.8 Å². The summed E-state index contributed by atoms with van der Waals surface area (Å²) in [6.07, 6.45) is 4.93. The molecule has 0 aliphatic heterocycles. The standard InChI is InChI=1S/C25H26N6O2/c1-4-33-23-12-17(8-10-27-23)21-13-22(31-15-30-21)29-14-16(2)18-6-5-7-19-20(25(32)26-3)9-11-28-24(18)19/h5-13,15-16H,4,14H2,1-3H3,(H,26,32)(H,29,30,31)/t16-/m1/s1. The minimum atomic E-state index is -0.123. The molecule has 0 aliphatic rings. The summed E-state index contributed by atoms with van der Waals surface area (Å²) >= 11 is 0. The number of aromatic nitrogens is 4. The molecule has 0 radical (unpaired) electrons. The van der Waals surface area contributed by atoms with Gasteiger partial charge in [0.1, 0.15) is 12.1 Å². The van der Waals surface area contributed by atoms with Gasteiger partial charge in [0.05, 0.1) is 23.4 Å². The van der Waals surface area contributed by atoms with Gasteiger partial charge in [0, 0.05) is 55.0 Å². The average Bonchev–Trinajstić information content (AvgIpc) is 2.86. The topological polar surface area (TPSA) is 102 Å². The normalized spacial score (nSPS) is 11.7. The molecule has 0 spiro atoms. The highest BCUT2D eigenvalue weighted by Crippen LogP contribution is 2.27. The number of nitrogens with one attached hydrogen (secondary N) is 2. The van der Waals surface area contributed by atoms with E-state index in [4.69, 9.17) is 4.74 Å². The Morgan fingerprint density at radius 3 is 2.73 bits per heavy atom. The molecule has 4 aromatic rings. The van der Waals surface area contributed by atoms with E-state index in [9.17, 15) is 4.79 Å². The second kappa shape index (κ2) is 10.0. The first-order chi connectivity index (χ1) is 16.1. The number of nitrogens with zero attached hydrogens (tertiary/aromatic N) is 4. The molecule has 1 amide bonds. The molecule has 4 rings (SSSR count). The van der Waals surface area contributed by atoms with Gasteiger partial charge in [0.25, 0.3) is 5.91 Å². The largest absolute Gasteiger partial charge is 0.478 e. The van der Waals surface area contributed by atoms with Crippen LogP contribution in [0.25, 0.3) is 22.2 Å². The van der Waals surface area contributed by atoms with Crippen molar-refractivity contribution in [3.63, 3.8) is 0 Å². The first-order valence-corrected chi connectivity index (χ1v) is 10.9. The molecule has 0 aliphatic carbocycles. The zero-order valence-corrected chi connectivity index (χ0v) is 18.9. The van der Waals surface area contributed by atoms with Crippen LogP contribution in [0.5, 0.6) is 5.88 Å². The highest BCUT2D eigenvalue weighted by Gasteiger charge is 2.15. The highest BCUT2D eigenvalue weighted by molar-refractivity contribution is 6.06. The molecule has 33 heavy (non-hydrogen) atoms. The van der Waals surface area contributed by atoms with E-state index in [0.717, 1.165) is 33.5 Å². The van der Waals surface area contributed by atoms with E-state index in [2.05, 4.69) is 37.5 Å². The third-order valence-electron chi connectivity index (χ3n) is 5.38. The van der Waals surface area contributed by atoms with Gasteiger partial charge in [-0.2, -0.15) is 0 Å². The summed E-state index contributed by atoms with van der Waals surface area (Å²) in [5, 5.41) is 6.93. The van der Waals surface area contributed by atoms with Crippen LogP contribution < -0.4 is 15.4 Å². The summed E-state index contributed by atoms with van der Waals surface area (Å²) in [5.41, 5.74) is 4.21. The molecule has 3 heterocycles. The Morgan fingerprint density at radius 2 is 1.91 bits per heavy atom. The number of carbonyl (C=O) groups is 1. The van der Waals surface area contributed by atoms with E-state index in [0.29, 0.717) is 24.6 Å². The van der Waals surface area contributed by atoms with Gasteiger partial charge in [-0.25, -0.2) is 15.0 Å². The van der Waals surface area contributed by atoms with Crippen molar-refractivity contribution in [3.8, 4) is 17.1 Å². The number of pyridine rings is 2. The molecule has 3 aromatic heterocycles. The predicted molar refractivity (Wildman–Crippen MR) is 128 cm³/mol. The summed E-state index contributed by atoms with van der Waals surface area (Å²) in [6.45, 7) is 5.24. The molecular formula is C25H26N6O2. The van der Waals surface area contributed by atoms with Crippen LogP contribution in [-0.2, 0) is 0 Å². The average molecular weight is 443 g/mol. The number of fused-ring (bicyclic) bond motifs is 1. The van der Waals surface area contributed by atoms with Crippen molar-refractivity contribution < 1.29 is 9.53 Å². The maximum atomic E-state index is 12.2. The van der Waals surface area contributed by atoms with Gasteiger partial charge in [0.2, 0.25) is 5.88 Å². The maximum Gasteiger partial charge on any atom is 0.251 e. The molecule has 0 unspecified atom stereocenters. The van der Waals surface area contributed by atoms with Crippen molar-refractivity contribution in [2.24, 2.45) is 0 Å². The Balaban J connectivity index is 1.54. The van der Waals surface area contributed by atoms with Crippen molar-refractivity contribution in [2.75, 3.05) is 25.5 Å². The molecular weight excluding hydrogens is 416 g/mol. The van der Waals surface area contributed by atoms with Crippen LogP contribution in [0.2, 0.25) is 0 Å². The van der Waals surface area contributed by atoms with Gasteiger partial charge in [0.15, 0.2) is 0 Å². The van der Waals surface area contributed by atoms with Gasteiger partial charge in [-0.3, -0.25) is 9.78 Å². The number of carbonyl (C=O) groups excluding carboxylic acids is 1.